The summed E-state index contributed by atoms with van der Waals surface area (Å²) in [4.78, 5) is 23.5. The van der Waals surface area contributed by atoms with Gasteiger partial charge in [-0.15, -0.1) is 0 Å². The number of carboxylic acids is 1. The minimum atomic E-state index is -5.03. The van der Waals surface area contributed by atoms with Crippen molar-refractivity contribution in [1.29, 1.82) is 0 Å². The lowest BCUT2D eigenvalue weighted by molar-refractivity contribution is -0.143. The first-order chi connectivity index (χ1) is 14.4. The van der Waals surface area contributed by atoms with Crippen LogP contribution in [-0.4, -0.2) is 23.0 Å². The fourth-order valence-electron chi connectivity index (χ4n) is 2.96. The zero-order valence-corrected chi connectivity index (χ0v) is 16.1. The molecule has 0 saturated carbocycles. The van der Waals surface area contributed by atoms with Crippen LogP contribution in [0.5, 0.6) is 0 Å². The maximum absolute atomic E-state index is 12.9. The molecule has 0 radical (unpaired) electrons. The molecule has 2 aromatic carbocycles. The van der Waals surface area contributed by atoms with E-state index in [9.17, 15) is 41.0 Å². The molecule has 0 aromatic heterocycles. The quantitative estimate of drug-likeness (QED) is 0.568. The molecular formula is C21H19F6NO3. The molecule has 0 fully saturated rings. The van der Waals surface area contributed by atoms with Crippen molar-refractivity contribution in [3.05, 3.63) is 70.8 Å². The van der Waals surface area contributed by atoms with Gasteiger partial charge in [0.1, 0.15) is 6.04 Å². The monoisotopic (exact) mass is 447 g/mol. The third-order valence-corrected chi connectivity index (χ3v) is 4.45. The van der Waals surface area contributed by atoms with E-state index in [0.717, 1.165) is 5.56 Å². The smallest absolute Gasteiger partial charge is 0.416 e. The second-order valence-corrected chi connectivity index (χ2v) is 6.93. The van der Waals surface area contributed by atoms with Crippen LogP contribution in [0.15, 0.2) is 48.5 Å². The minimum Gasteiger partial charge on any atom is -0.480 e. The molecule has 0 unspecified atom stereocenters. The molecule has 0 aliphatic rings. The molecule has 2 N–H and O–H groups in total. The normalized spacial score (nSPS) is 13.0. The number of carboxylic acid groups (broad SMARTS) is 1. The molecule has 1 atom stereocenters. The van der Waals surface area contributed by atoms with Crippen LogP contribution in [0.1, 0.15) is 35.1 Å². The molecular weight excluding hydrogens is 428 g/mol. The largest absolute Gasteiger partial charge is 0.480 e. The van der Waals surface area contributed by atoms with Gasteiger partial charge < -0.3 is 10.4 Å². The number of amides is 1. The van der Waals surface area contributed by atoms with Crippen LogP contribution in [-0.2, 0) is 34.8 Å². The Labute approximate surface area is 173 Å². The Morgan fingerprint density at radius 3 is 1.90 bits per heavy atom. The average molecular weight is 447 g/mol. The van der Waals surface area contributed by atoms with Gasteiger partial charge in [-0.25, -0.2) is 4.79 Å². The highest BCUT2D eigenvalue weighted by Crippen LogP contribution is 2.36. The van der Waals surface area contributed by atoms with Crippen LogP contribution in [0.3, 0.4) is 0 Å². The van der Waals surface area contributed by atoms with Crippen LogP contribution in [0.4, 0.5) is 26.3 Å². The Hall–Kier alpha value is -3.04. The van der Waals surface area contributed by atoms with Gasteiger partial charge in [-0.05, 0) is 48.6 Å². The number of rotatable bonds is 8. The highest BCUT2D eigenvalue weighted by molar-refractivity contribution is 5.84. The molecule has 1 amide bonds. The van der Waals surface area contributed by atoms with Gasteiger partial charge in [-0.3, -0.25) is 4.79 Å². The Kier molecular flexibility index (Phi) is 7.70. The molecule has 0 aliphatic carbocycles. The molecule has 0 heterocycles. The third-order valence-electron chi connectivity index (χ3n) is 4.45. The summed E-state index contributed by atoms with van der Waals surface area (Å²) in [5.74, 6) is -2.33. The van der Waals surface area contributed by atoms with Gasteiger partial charge in [-0.2, -0.15) is 26.3 Å². The maximum Gasteiger partial charge on any atom is 0.416 e. The molecule has 2 aromatic rings. The summed E-state index contributed by atoms with van der Waals surface area (Å²) in [7, 11) is 0. The van der Waals surface area contributed by atoms with Crippen molar-refractivity contribution in [2.45, 2.75) is 44.1 Å². The third kappa shape index (κ3) is 7.62. The lowest BCUT2D eigenvalue weighted by atomic mass is 10.0. The summed E-state index contributed by atoms with van der Waals surface area (Å²) >= 11 is 0. The molecule has 0 spiro atoms. The molecule has 168 valence electrons. The van der Waals surface area contributed by atoms with E-state index >= 15 is 0 Å². The van der Waals surface area contributed by atoms with Gasteiger partial charge in [-0.1, -0.05) is 30.3 Å². The lowest BCUT2D eigenvalue weighted by Gasteiger charge is -2.16. The number of hydrogen-bond acceptors (Lipinski definition) is 2. The highest BCUT2D eigenvalue weighted by Gasteiger charge is 2.37. The number of alkyl halides is 6. The summed E-state index contributed by atoms with van der Waals surface area (Å²) in [6.07, 6.45) is -9.89. The summed E-state index contributed by atoms with van der Waals surface area (Å²) in [6, 6.07) is 8.68. The topological polar surface area (TPSA) is 66.4 Å². The summed E-state index contributed by atoms with van der Waals surface area (Å²) in [5.41, 5.74) is -2.64. The van der Waals surface area contributed by atoms with Crippen molar-refractivity contribution in [1.82, 2.24) is 5.32 Å². The standard InChI is InChI=1S/C21H19F6NO3/c22-20(23,24)15-9-14(10-16(12-15)21(25,26)27)11-18(29)28-17(19(30)31)8-4-7-13-5-2-1-3-6-13/h1-3,5-6,9-10,12,17H,4,7-8,11H2,(H,28,29)(H,30,31)/t17-/m1/s1. The number of benzene rings is 2. The van der Waals surface area contributed by atoms with Crippen molar-refractivity contribution < 1.29 is 41.0 Å². The minimum absolute atomic E-state index is 0.0367. The van der Waals surface area contributed by atoms with Crippen molar-refractivity contribution in [3.8, 4) is 0 Å². The molecule has 2 rings (SSSR count). The van der Waals surface area contributed by atoms with Gasteiger partial charge in [0.2, 0.25) is 5.91 Å². The summed E-state index contributed by atoms with van der Waals surface area (Å²) in [5, 5.41) is 11.4. The van der Waals surface area contributed by atoms with E-state index in [-0.39, 0.29) is 12.5 Å². The summed E-state index contributed by atoms with van der Waals surface area (Å²) < 4.78 is 77.5. The average Bonchev–Trinajstić information content (AvgIpc) is 2.66. The molecule has 0 bridgehead atoms. The van der Waals surface area contributed by atoms with Crippen LogP contribution >= 0.6 is 0 Å². The Bertz CT molecular complexity index is 877. The van der Waals surface area contributed by atoms with Crippen molar-refractivity contribution >= 4 is 11.9 Å². The predicted molar refractivity (Wildman–Crippen MR) is 99.1 cm³/mol. The second kappa shape index (κ2) is 9.84. The first-order valence-corrected chi connectivity index (χ1v) is 9.20. The van der Waals surface area contributed by atoms with Gasteiger partial charge >= 0.3 is 18.3 Å². The van der Waals surface area contributed by atoms with Gasteiger partial charge in [0.15, 0.2) is 0 Å². The van der Waals surface area contributed by atoms with Crippen molar-refractivity contribution in [2.24, 2.45) is 0 Å². The lowest BCUT2D eigenvalue weighted by Crippen LogP contribution is -2.41. The molecule has 4 nitrogen and oxygen atoms in total. The number of carbonyl (C=O) groups is 2. The van der Waals surface area contributed by atoms with Crippen molar-refractivity contribution in [2.75, 3.05) is 0 Å². The molecule has 0 aliphatic heterocycles. The molecule has 31 heavy (non-hydrogen) atoms. The second-order valence-electron chi connectivity index (χ2n) is 6.93. The van der Waals surface area contributed by atoms with Gasteiger partial charge in [0.25, 0.3) is 0 Å². The SMILES string of the molecule is O=C(Cc1cc(C(F)(F)F)cc(C(F)(F)F)c1)N[C@H](CCCc1ccccc1)C(=O)O. The van der Waals surface area contributed by atoms with Crippen LogP contribution in [0.25, 0.3) is 0 Å². The number of hydrogen-bond donors (Lipinski definition) is 2. The van der Waals surface area contributed by atoms with Crippen LogP contribution in [0, 0.1) is 0 Å². The van der Waals surface area contributed by atoms with Gasteiger partial charge in [0, 0.05) is 0 Å². The predicted octanol–water partition coefficient (Wildman–Crippen LogP) is 4.86. The van der Waals surface area contributed by atoms with Gasteiger partial charge in [0.05, 0.1) is 17.5 Å². The zero-order chi connectivity index (χ0) is 23.2. The first-order valence-electron chi connectivity index (χ1n) is 9.20. The Balaban J connectivity index is 2.07. The number of nitrogens with one attached hydrogen (secondary N) is 1. The van der Waals surface area contributed by atoms with E-state index in [2.05, 4.69) is 5.32 Å². The number of aryl methyl sites for hydroxylation is 1. The Morgan fingerprint density at radius 2 is 1.42 bits per heavy atom. The van der Waals surface area contributed by atoms with Crippen molar-refractivity contribution in [3.63, 3.8) is 0 Å². The fourth-order valence-corrected chi connectivity index (χ4v) is 2.96. The number of aliphatic carboxylic acids is 1. The van der Waals surface area contributed by atoms with E-state index in [1.807, 2.05) is 30.3 Å². The number of carbonyl (C=O) groups excluding carboxylic acids is 1. The highest BCUT2D eigenvalue weighted by atomic mass is 19.4. The van der Waals surface area contributed by atoms with E-state index < -0.39 is 53.4 Å². The molecule has 10 heteroatoms. The van der Waals surface area contributed by atoms with Crippen LogP contribution in [0.2, 0.25) is 0 Å². The maximum atomic E-state index is 12.9. The Morgan fingerprint density at radius 1 is 0.871 bits per heavy atom. The first kappa shape index (κ1) is 24.2. The van der Waals surface area contributed by atoms with E-state index in [4.69, 9.17) is 0 Å². The zero-order valence-electron chi connectivity index (χ0n) is 16.1. The fraction of sp³-hybridized carbons (Fsp3) is 0.333. The number of halogens is 6. The summed E-state index contributed by atoms with van der Waals surface area (Å²) in [6.45, 7) is 0. The van der Waals surface area contributed by atoms with Crippen LogP contribution < -0.4 is 5.32 Å². The van der Waals surface area contributed by atoms with E-state index in [0.29, 0.717) is 25.0 Å². The van der Waals surface area contributed by atoms with E-state index in [1.54, 1.807) is 0 Å². The van der Waals surface area contributed by atoms with E-state index in [1.165, 1.54) is 0 Å². The molecule has 0 saturated heterocycles.